The van der Waals surface area contributed by atoms with Gasteiger partial charge in [0, 0.05) is 38.8 Å². The van der Waals surface area contributed by atoms with Gasteiger partial charge in [-0.3, -0.25) is 9.59 Å². The molecule has 2 spiro atoms. The molecule has 8 bridgehead atoms. The standard InChI is InChI=1S/C120H64N4O4/c1-14-127-112(125)120(113(126)128-34-35-16-15-17-36(26-35)51-47-22-24-49(123-47)52(37-27-39(114(2,3)4)31-40(28-37)115(5,6)7)45-20-18-43(121-45)33-44-19-21-46(122-44)53(50-25-23-48(51)124-50)38-29-41(116(8,9)10)32-42(30-38)117(11,12)13)118-108-100-92-82-72-64-56-54-55-58-62-60(56)68-76-70(62)80-74-66(58)67-59(55)63-61-57(54)65(64)73-79-69(61)77-71(63)81-75(67)85-84(74)94-88(80)98-90(76)96(86(92)78(68)72)104(108)106(98)110-102(94)103-95(85)89(81)99-91(77)97-87(79)93(83(73)82)101(100)109(118)105(97)107(99)111(103)119(110,118)120/h15-33,121,124H,14,34H2,1-13H3. The van der Waals surface area contributed by atoms with Gasteiger partial charge in [-0.15, -0.1) is 0 Å². The van der Waals surface area contributed by atoms with Crippen molar-refractivity contribution in [2.75, 3.05) is 6.61 Å². The van der Waals surface area contributed by atoms with Crippen LogP contribution in [0.4, 0.5) is 0 Å². The monoisotopic (exact) mass is 1620 g/mol. The molecule has 8 nitrogen and oxygen atoms in total. The third-order valence-corrected chi connectivity index (χ3v) is 37.3. The minimum atomic E-state index is -1.91. The summed E-state index contributed by atoms with van der Waals surface area (Å²) >= 11 is 0. The molecule has 31 aromatic carbocycles. The molecule has 34 aromatic rings. The number of H-pyrrole nitrogens is 2. The maximum absolute atomic E-state index is 18.7. The lowest BCUT2D eigenvalue weighted by molar-refractivity contribution is -0.167. The first kappa shape index (κ1) is 61.9. The van der Waals surface area contributed by atoms with Crippen LogP contribution in [0.1, 0.15) is 163 Å². The van der Waals surface area contributed by atoms with E-state index in [-0.39, 0.29) is 34.9 Å². The quantitative estimate of drug-likeness (QED) is 0.0891. The van der Waals surface area contributed by atoms with Crippen molar-refractivity contribution < 1.29 is 19.1 Å². The number of nitrogens with zero attached hydrogens (tertiary/aromatic N) is 2. The average Bonchev–Trinajstić information content (AvgIpc) is 1.35. The van der Waals surface area contributed by atoms with E-state index in [1.165, 1.54) is 325 Å². The van der Waals surface area contributed by atoms with Crippen molar-refractivity contribution in [2.24, 2.45) is 5.41 Å². The Balaban J connectivity index is 0.608. The molecule has 1 fully saturated rings. The van der Waals surface area contributed by atoms with Gasteiger partial charge in [-0.1, -0.05) is 138 Å². The Hall–Kier alpha value is -14.3. The SMILES string of the molecule is CCOC(=O)C1(C(=O)OCc2cccc(-c3c4nc(c(-c5cc(C(C)(C)C)cc(C(C)(C)C)c5)c5ccc(cc6nc(c(-c7cc(C(C)(C)C)cc(C(C)(C)C)c7)c7ccc3[nH]7)C=C6)[nH]5)C=C4)c2)C23c4c5c6c7c8c9c(c%10c%11c2c2c4c4c%12c5c5c6c6c8c8c%13c9c9c%10c%10c%11c%11c2c2c4c4c%12c%12c5c5c6c8c6c8c%13c9c9c%10c%10c%11c2c2c4c4c%12c5c6c5c8c9c%10c2c45)C713. The van der Waals surface area contributed by atoms with Gasteiger partial charge in [-0.05, 0) is 447 Å². The number of benzene rings is 21. The predicted octanol–water partition coefficient (Wildman–Crippen LogP) is 30.8. The largest absolute Gasteiger partial charge is 0.465 e. The summed E-state index contributed by atoms with van der Waals surface area (Å²) in [6.45, 7) is 29.7. The fourth-order valence-electron chi connectivity index (χ4n) is 33.9. The van der Waals surface area contributed by atoms with Crippen molar-refractivity contribution in [1.82, 2.24) is 19.9 Å². The molecular weight excluding hydrogens is 1560 g/mol. The first-order chi connectivity index (χ1) is 61.9. The van der Waals surface area contributed by atoms with Crippen LogP contribution in [0.3, 0.4) is 0 Å². The van der Waals surface area contributed by atoms with Crippen molar-refractivity contribution in [3.05, 3.63) is 164 Å². The average molecular weight is 1630 g/mol. The first-order valence-corrected chi connectivity index (χ1v) is 46.6. The number of aromatic amines is 2. The van der Waals surface area contributed by atoms with Crippen molar-refractivity contribution in [3.63, 3.8) is 0 Å². The Morgan fingerprint density at radius 2 is 0.562 bits per heavy atom. The highest BCUT2D eigenvalue weighted by molar-refractivity contribution is 6.83. The summed E-state index contributed by atoms with van der Waals surface area (Å²) in [6.07, 6.45) is 8.73. The van der Waals surface area contributed by atoms with Gasteiger partial charge in [0.05, 0.1) is 40.2 Å². The normalized spacial score (nSPS) is 19.4. The Kier molecular flexibility index (Phi) is 7.99. The summed E-state index contributed by atoms with van der Waals surface area (Å²) in [5, 5.41) is 78.2. The lowest BCUT2D eigenvalue weighted by Crippen LogP contribution is -2.38. The van der Waals surface area contributed by atoms with Gasteiger partial charge in [0.25, 0.3) is 0 Å². The van der Waals surface area contributed by atoms with Gasteiger partial charge in [-0.2, -0.15) is 0 Å². The van der Waals surface area contributed by atoms with Crippen LogP contribution in [0.15, 0.2) is 91.0 Å². The Morgan fingerprint density at radius 3 is 0.875 bits per heavy atom. The third-order valence-electron chi connectivity index (χ3n) is 37.3. The number of ether oxygens (including phenoxy) is 2. The number of carbonyl (C=O) groups excluding carboxylic acids is 2. The molecule has 128 heavy (non-hydrogen) atoms. The van der Waals surface area contributed by atoms with E-state index >= 15 is 9.59 Å². The highest BCUT2D eigenvalue weighted by Gasteiger charge is 3.01. The van der Waals surface area contributed by atoms with Crippen LogP contribution in [-0.2, 0) is 58.2 Å². The number of aromatic nitrogens is 4. The topological polar surface area (TPSA) is 110 Å². The van der Waals surface area contributed by atoms with E-state index in [0.29, 0.717) is 0 Å². The number of esters is 2. The van der Waals surface area contributed by atoms with Gasteiger partial charge in [0.2, 0.25) is 0 Å². The second-order valence-electron chi connectivity index (χ2n) is 45.9. The Labute approximate surface area is 721 Å². The van der Waals surface area contributed by atoms with Gasteiger partial charge >= 0.3 is 11.9 Å². The van der Waals surface area contributed by atoms with Crippen molar-refractivity contribution >= 4 is 349 Å². The molecule has 41 rings (SSSR count). The molecule has 588 valence electrons. The zero-order chi connectivity index (χ0) is 83.2. The van der Waals surface area contributed by atoms with E-state index in [1.54, 1.807) is 10.8 Å². The number of carbonyl (C=O) groups is 2. The fourth-order valence-corrected chi connectivity index (χ4v) is 33.9. The molecule has 7 aliphatic rings. The maximum atomic E-state index is 18.7. The highest BCUT2D eigenvalue weighted by Crippen LogP contribution is 2.97. The van der Waals surface area contributed by atoms with Gasteiger partial charge in [0.15, 0.2) is 5.41 Å². The summed E-state index contributed by atoms with van der Waals surface area (Å²) in [5.41, 5.74) is 18.7. The molecule has 0 atom stereocenters. The lowest BCUT2D eigenvalue weighted by Gasteiger charge is -2.32. The summed E-state index contributed by atoms with van der Waals surface area (Å²) in [4.78, 5) is 56.3. The molecule has 0 radical (unpaired) electrons. The zero-order valence-corrected chi connectivity index (χ0v) is 71.9. The van der Waals surface area contributed by atoms with Crippen LogP contribution in [0.5, 0.6) is 0 Å². The number of hydrogen-bond donors (Lipinski definition) is 2. The van der Waals surface area contributed by atoms with Crippen molar-refractivity contribution in [1.29, 1.82) is 0 Å². The van der Waals surface area contributed by atoms with E-state index in [0.717, 1.165) is 83.8 Å². The fraction of sp³-hybridized carbons (Fsp3) is 0.183. The Morgan fingerprint density at radius 1 is 0.289 bits per heavy atom. The summed E-state index contributed by atoms with van der Waals surface area (Å²) in [6, 6.07) is 34.0. The molecule has 1 saturated carbocycles. The summed E-state index contributed by atoms with van der Waals surface area (Å²) in [5.74, 6) is -0.939. The smallest absolute Gasteiger partial charge is 0.326 e. The highest BCUT2D eigenvalue weighted by atomic mass is 16.6. The van der Waals surface area contributed by atoms with E-state index in [4.69, 9.17) is 19.4 Å². The minimum absolute atomic E-state index is 0.102. The van der Waals surface area contributed by atoms with E-state index in [9.17, 15) is 0 Å². The second kappa shape index (κ2) is 16.5. The third kappa shape index (κ3) is 4.89. The molecule has 2 aliphatic heterocycles. The van der Waals surface area contributed by atoms with E-state index < -0.39 is 28.2 Å². The molecule has 5 heterocycles. The molecule has 5 aliphatic carbocycles. The molecule has 8 heteroatoms. The predicted molar refractivity (Wildman–Crippen MR) is 533 cm³/mol. The Bertz CT molecular complexity index is 10600. The van der Waals surface area contributed by atoms with Crippen LogP contribution in [0.2, 0.25) is 0 Å². The minimum Gasteiger partial charge on any atom is -0.465 e. The van der Waals surface area contributed by atoms with Crippen LogP contribution in [-0.4, -0.2) is 38.5 Å². The molecule has 0 saturated heterocycles. The van der Waals surface area contributed by atoms with Crippen molar-refractivity contribution in [3.8, 4) is 33.4 Å². The molecule has 2 N–H and O–H groups in total. The van der Waals surface area contributed by atoms with Gasteiger partial charge < -0.3 is 19.4 Å². The van der Waals surface area contributed by atoms with E-state index in [2.05, 4.69) is 208 Å². The van der Waals surface area contributed by atoms with Crippen LogP contribution in [0.25, 0.3) is 371 Å². The summed E-state index contributed by atoms with van der Waals surface area (Å²) < 4.78 is 14.8. The zero-order valence-electron chi connectivity index (χ0n) is 71.9. The molecule has 0 unspecified atom stereocenters. The van der Waals surface area contributed by atoms with Gasteiger partial charge in [-0.25, -0.2) is 9.97 Å². The number of nitrogens with one attached hydrogen (secondary N) is 2. The lowest BCUT2D eigenvalue weighted by atomic mass is 9.68. The first-order valence-electron chi connectivity index (χ1n) is 46.6. The maximum Gasteiger partial charge on any atom is 0.326 e. The molecular formula is C120H64N4O4. The number of fused-ring (bicyclic) bond motifs is 8. The number of rotatable bonds is 8. The molecule has 3 aromatic heterocycles. The summed E-state index contributed by atoms with van der Waals surface area (Å²) in [7, 11) is 0. The van der Waals surface area contributed by atoms with Crippen molar-refractivity contribution in [2.45, 2.75) is 129 Å². The van der Waals surface area contributed by atoms with Gasteiger partial charge in [0.1, 0.15) is 6.61 Å². The van der Waals surface area contributed by atoms with Crippen LogP contribution >= 0.6 is 0 Å². The number of hydrogen-bond acceptors (Lipinski definition) is 6. The molecule has 0 amide bonds. The van der Waals surface area contributed by atoms with Crippen LogP contribution in [0, 0.1) is 5.41 Å². The van der Waals surface area contributed by atoms with E-state index in [1.807, 2.05) is 6.92 Å². The van der Waals surface area contributed by atoms with Crippen LogP contribution < -0.4 is 0 Å². The second-order valence-corrected chi connectivity index (χ2v) is 45.9.